The molecule has 0 unspecified atom stereocenters. The molecule has 0 spiro atoms. The summed E-state index contributed by atoms with van der Waals surface area (Å²) in [6.45, 7) is 0.576. The van der Waals surface area contributed by atoms with Gasteiger partial charge in [0.1, 0.15) is 11.3 Å². The Morgan fingerprint density at radius 1 is 1.47 bits per heavy atom. The molecule has 0 amide bonds. The third-order valence-electron chi connectivity index (χ3n) is 3.18. The van der Waals surface area contributed by atoms with Gasteiger partial charge in [0.25, 0.3) is 0 Å². The van der Waals surface area contributed by atoms with Crippen molar-refractivity contribution in [1.29, 1.82) is 0 Å². The van der Waals surface area contributed by atoms with Gasteiger partial charge in [-0.15, -0.1) is 0 Å². The van der Waals surface area contributed by atoms with Crippen molar-refractivity contribution in [1.82, 2.24) is 0 Å². The third-order valence-corrected chi connectivity index (χ3v) is 3.42. The summed E-state index contributed by atoms with van der Waals surface area (Å²) in [5.74, 6) is 0.156. The molecule has 0 radical (unpaired) electrons. The molecule has 2 rings (SSSR count). The zero-order chi connectivity index (χ0) is 12.3. The molecule has 1 aromatic carbocycles. The Hall–Kier alpha value is -1.22. The van der Waals surface area contributed by atoms with E-state index in [1.54, 1.807) is 12.1 Å². The summed E-state index contributed by atoms with van der Waals surface area (Å²) >= 11 is 5.76. The molecule has 1 aromatic rings. The van der Waals surface area contributed by atoms with Crippen LogP contribution in [-0.4, -0.2) is 17.7 Å². The Morgan fingerprint density at radius 2 is 2.24 bits per heavy atom. The molecular weight excluding hydrogens is 240 g/mol. The van der Waals surface area contributed by atoms with Crippen molar-refractivity contribution < 1.29 is 14.6 Å². The third kappa shape index (κ3) is 3.13. The molecule has 17 heavy (non-hydrogen) atoms. The standard InChI is InChI=1S/C13H15ClO3/c14-10-4-5-12(11(8-10)13(15)16)17-7-6-9-2-1-3-9/h4-5,8-9H,1-3,6-7H2,(H,15,16). The summed E-state index contributed by atoms with van der Waals surface area (Å²) in [5.41, 5.74) is 0.131. The van der Waals surface area contributed by atoms with Gasteiger partial charge in [0.15, 0.2) is 0 Å². The van der Waals surface area contributed by atoms with Crippen molar-refractivity contribution in [3.8, 4) is 5.75 Å². The van der Waals surface area contributed by atoms with E-state index in [0.29, 0.717) is 17.4 Å². The number of carboxylic acids is 1. The van der Waals surface area contributed by atoms with Crippen LogP contribution >= 0.6 is 11.6 Å². The maximum absolute atomic E-state index is 11.0. The average Bonchev–Trinajstić information content (AvgIpc) is 2.23. The van der Waals surface area contributed by atoms with E-state index in [4.69, 9.17) is 21.4 Å². The van der Waals surface area contributed by atoms with Gasteiger partial charge in [-0.25, -0.2) is 4.79 Å². The van der Waals surface area contributed by atoms with Crippen molar-refractivity contribution in [3.63, 3.8) is 0 Å². The summed E-state index contributed by atoms with van der Waals surface area (Å²) in [6.07, 6.45) is 4.86. The van der Waals surface area contributed by atoms with Gasteiger partial charge in [0, 0.05) is 5.02 Å². The normalized spacial score (nSPS) is 15.4. The maximum atomic E-state index is 11.0. The van der Waals surface area contributed by atoms with Crippen LogP contribution in [0.25, 0.3) is 0 Å². The van der Waals surface area contributed by atoms with Crippen LogP contribution < -0.4 is 4.74 Å². The lowest BCUT2D eigenvalue weighted by Gasteiger charge is -2.25. The van der Waals surface area contributed by atoms with Crippen LogP contribution in [0.15, 0.2) is 18.2 Å². The van der Waals surface area contributed by atoms with Gasteiger partial charge in [-0.05, 0) is 30.5 Å². The molecule has 4 heteroatoms. The first-order valence-corrected chi connectivity index (χ1v) is 6.20. The minimum atomic E-state index is -1.01. The van der Waals surface area contributed by atoms with Crippen molar-refractivity contribution in [2.75, 3.05) is 6.61 Å². The molecule has 1 aliphatic rings. The van der Waals surface area contributed by atoms with E-state index >= 15 is 0 Å². The topological polar surface area (TPSA) is 46.5 Å². The van der Waals surface area contributed by atoms with Gasteiger partial charge in [0.2, 0.25) is 0 Å². The molecule has 0 aliphatic heterocycles. The molecule has 0 heterocycles. The van der Waals surface area contributed by atoms with Gasteiger partial charge >= 0.3 is 5.97 Å². The molecule has 0 saturated heterocycles. The zero-order valence-corrected chi connectivity index (χ0v) is 10.2. The molecule has 1 saturated carbocycles. The zero-order valence-electron chi connectivity index (χ0n) is 9.49. The first-order chi connectivity index (χ1) is 8.16. The van der Waals surface area contributed by atoms with E-state index in [2.05, 4.69) is 0 Å². The number of hydrogen-bond donors (Lipinski definition) is 1. The molecular formula is C13H15ClO3. The Balaban J connectivity index is 1.96. The van der Waals surface area contributed by atoms with E-state index < -0.39 is 5.97 Å². The molecule has 1 aliphatic carbocycles. The van der Waals surface area contributed by atoms with E-state index in [-0.39, 0.29) is 5.56 Å². The lowest BCUT2D eigenvalue weighted by atomic mass is 9.83. The van der Waals surface area contributed by atoms with E-state index in [1.807, 2.05) is 0 Å². The Kier molecular flexibility index (Phi) is 3.89. The average molecular weight is 255 g/mol. The Bertz CT molecular complexity index is 413. The monoisotopic (exact) mass is 254 g/mol. The summed E-state index contributed by atoms with van der Waals surface area (Å²) in [5, 5.41) is 9.43. The highest BCUT2D eigenvalue weighted by atomic mass is 35.5. The summed E-state index contributed by atoms with van der Waals surface area (Å²) < 4.78 is 5.52. The number of halogens is 1. The van der Waals surface area contributed by atoms with Crippen LogP contribution in [-0.2, 0) is 0 Å². The number of ether oxygens (including phenoxy) is 1. The van der Waals surface area contributed by atoms with E-state index in [9.17, 15) is 4.79 Å². The Morgan fingerprint density at radius 3 is 2.82 bits per heavy atom. The predicted molar refractivity (Wildman–Crippen MR) is 65.9 cm³/mol. The fourth-order valence-electron chi connectivity index (χ4n) is 1.91. The number of hydrogen-bond acceptors (Lipinski definition) is 2. The highest BCUT2D eigenvalue weighted by Gasteiger charge is 2.18. The molecule has 0 aromatic heterocycles. The maximum Gasteiger partial charge on any atom is 0.339 e. The number of carboxylic acid groups (broad SMARTS) is 1. The lowest BCUT2D eigenvalue weighted by Crippen LogP contribution is -2.15. The molecule has 0 atom stereocenters. The van der Waals surface area contributed by atoms with Crippen LogP contribution in [0.2, 0.25) is 5.02 Å². The van der Waals surface area contributed by atoms with Gasteiger partial charge in [0.05, 0.1) is 6.61 Å². The summed E-state index contributed by atoms with van der Waals surface area (Å²) in [6, 6.07) is 4.68. The van der Waals surface area contributed by atoms with E-state index in [0.717, 1.165) is 12.3 Å². The van der Waals surface area contributed by atoms with Gasteiger partial charge in [-0.3, -0.25) is 0 Å². The van der Waals surface area contributed by atoms with Crippen LogP contribution in [0.4, 0.5) is 0 Å². The number of rotatable bonds is 5. The first kappa shape index (κ1) is 12.2. The molecule has 92 valence electrons. The first-order valence-electron chi connectivity index (χ1n) is 5.82. The van der Waals surface area contributed by atoms with Crippen molar-refractivity contribution in [2.45, 2.75) is 25.7 Å². The van der Waals surface area contributed by atoms with Crippen LogP contribution in [0, 0.1) is 5.92 Å². The SMILES string of the molecule is O=C(O)c1cc(Cl)ccc1OCCC1CCC1. The number of aromatic carboxylic acids is 1. The number of benzene rings is 1. The van der Waals surface area contributed by atoms with Gasteiger partial charge in [-0.1, -0.05) is 30.9 Å². The van der Waals surface area contributed by atoms with Gasteiger partial charge in [-0.2, -0.15) is 0 Å². The molecule has 3 nitrogen and oxygen atoms in total. The van der Waals surface area contributed by atoms with Crippen molar-refractivity contribution in [2.24, 2.45) is 5.92 Å². The molecule has 1 N–H and O–H groups in total. The predicted octanol–water partition coefficient (Wildman–Crippen LogP) is 3.61. The Labute approximate surface area is 105 Å². The fourth-order valence-corrected chi connectivity index (χ4v) is 2.08. The summed E-state index contributed by atoms with van der Waals surface area (Å²) in [4.78, 5) is 11.0. The minimum Gasteiger partial charge on any atom is -0.493 e. The van der Waals surface area contributed by atoms with E-state index in [1.165, 1.54) is 25.3 Å². The minimum absolute atomic E-state index is 0.131. The van der Waals surface area contributed by atoms with Crippen molar-refractivity contribution >= 4 is 17.6 Å². The highest BCUT2D eigenvalue weighted by molar-refractivity contribution is 6.31. The van der Waals surface area contributed by atoms with Crippen molar-refractivity contribution in [3.05, 3.63) is 28.8 Å². The largest absolute Gasteiger partial charge is 0.493 e. The second-order valence-corrected chi connectivity index (χ2v) is 4.82. The molecule has 0 bridgehead atoms. The lowest BCUT2D eigenvalue weighted by molar-refractivity contribution is 0.0691. The van der Waals surface area contributed by atoms with Crippen LogP contribution in [0.3, 0.4) is 0 Å². The highest BCUT2D eigenvalue weighted by Crippen LogP contribution is 2.30. The smallest absolute Gasteiger partial charge is 0.339 e. The quantitative estimate of drug-likeness (QED) is 0.873. The van der Waals surface area contributed by atoms with Gasteiger partial charge < -0.3 is 9.84 Å². The second kappa shape index (κ2) is 5.41. The second-order valence-electron chi connectivity index (χ2n) is 4.38. The summed E-state index contributed by atoms with van der Waals surface area (Å²) in [7, 11) is 0. The molecule has 1 fully saturated rings. The van der Waals surface area contributed by atoms with Crippen LogP contribution in [0.1, 0.15) is 36.0 Å². The van der Waals surface area contributed by atoms with Crippen LogP contribution in [0.5, 0.6) is 5.75 Å². The fraction of sp³-hybridized carbons (Fsp3) is 0.462. The number of carbonyl (C=O) groups is 1.